The van der Waals surface area contributed by atoms with Crippen molar-refractivity contribution in [1.29, 1.82) is 0 Å². The van der Waals surface area contributed by atoms with E-state index in [1.165, 1.54) is 31.7 Å². The SMILES string of the molecule is CCCCCCCCOc1ccc(N)cc1S(N)(=O)=O. The molecule has 0 heterocycles. The Morgan fingerprint density at radius 1 is 1.10 bits per heavy atom. The van der Waals surface area contributed by atoms with Crippen LogP contribution in [0.4, 0.5) is 5.69 Å². The Morgan fingerprint density at radius 2 is 1.75 bits per heavy atom. The van der Waals surface area contributed by atoms with E-state index < -0.39 is 10.0 Å². The topological polar surface area (TPSA) is 95.4 Å². The molecule has 1 aromatic rings. The zero-order valence-electron chi connectivity index (χ0n) is 12.0. The number of unbranched alkanes of at least 4 members (excludes halogenated alkanes) is 5. The van der Waals surface area contributed by atoms with Gasteiger partial charge in [-0.3, -0.25) is 0 Å². The fourth-order valence-corrected chi connectivity index (χ4v) is 2.64. The van der Waals surface area contributed by atoms with Crippen LogP contribution in [0.15, 0.2) is 23.1 Å². The number of benzene rings is 1. The maximum atomic E-state index is 11.5. The summed E-state index contributed by atoms with van der Waals surface area (Å²) in [6.45, 7) is 2.66. The van der Waals surface area contributed by atoms with Gasteiger partial charge in [-0.25, -0.2) is 13.6 Å². The van der Waals surface area contributed by atoms with Gasteiger partial charge < -0.3 is 10.5 Å². The van der Waals surface area contributed by atoms with Gasteiger partial charge in [0, 0.05) is 5.69 Å². The van der Waals surface area contributed by atoms with Gasteiger partial charge in [0.25, 0.3) is 0 Å². The average molecular weight is 300 g/mol. The number of hydrogen-bond acceptors (Lipinski definition) is 4. The largest absolute Gasteiger partial charge is 0.492 e. The highest BCUT2D eigenvalue weighted by Crippen LogP contribution is 2.25. The Bertz CT molecular complexity index is 515. The summed E-state index contributed by atoms with van der Waals surface area (Å²) in [6, 6.07) is 4.48. The van der Waals surface area contributed by atoms with Gasteiger partial charge in [-0.1, -0.05) is 39.0 Å². The zero-order valence-corrected chi connectivity index (χ0v) is 12.8. The zero-order chi connectivity index (χ0) is 15.0. The van der Waals surface area contributed by atoms with Crippen LogP contribution in [0.3, 0.4) is 0 Å². The Kier molecular flexibility index (Phi) is 6.81. The molecule has 114 valence electrons. The molecule has 0 aliphatic carbocycles. The maximum absolute atomic E-state index is 11.5. The molecule has 6 heteroatoms. The maximum Gasteiger partial charge on any atom is 0.241 e. The first kappa shape index (κ1) is 16.8. The number of nitrogen functional groups attached to an aromatic ring is 1. The van der Waals surface area contributed by atoms with Gasteiger partial charge in [-0.2, -0.15) is 0 Å². The molecule has 1 aromatic carbocycles. The molecule has 0 bridgehead atoms. The summed E-state index contributed by atoms with van der Waals surface area (Å²) < 4.78 is 28.4. The number of rotatable bonds is 9. The lowest BCUT2D eigenvalue weighted by Gasteiger charge is -2.10. The highest BCUT2D eigenvalue weighted by Gasteiger charge is 2.15. The number of hydrogen-bond donors (Lipinski definition) is 2. The second-order valence-electron chi connectivity index (χ2n) is 4.87. The van der Waals surface area contributed by atoms with Crippen molar-refractivity contribution in [1.82, 2.24) is 0 Å². The highest BCUT2D eigenvalue weighted by molar-refractivity contribution is 7.89. The minimum absolute atomic E-state index is 0.0523. The lowest BCUT2D eigenvalue weighted by molar-refractivity contribution is 0.297. The summed E-state index contributed by atoms with van der Waals surface area (Å²) in [5.41, 5.74) is 5.92. The molecule has 0 unspecified atom stereocenters. The van der Waals surface area contributed by atoms with Gasteiger partial charge in [0.05, 0.1) is 6.61 Å². The normalized spacial score (nSPS) is 11.5. The first-order chi connectivity index (χ1) is 9.45. The summed E-state index contributed by atoms with van der Waals surface area (Å²) in [5.74, 6) is 0.273. The molecule has 0 saturated carbocycles. The summed E-state index contributed by atoms with van der Waals surface area (Å²) >= 11 is 0. The molecule has 0 aliphatic rings. The number of nitrogens with two attached hydrogens (primary N) is 2. The molecule has 0 amide bonds. The van der Waals surface area contributed by atoms with Crippen molar-refractivity contribution in [2.24, 2.45) is 5.14 Å². The molecular formula is C14H24N2O3S. The monoisotopic (exact) mass is 300 g/mol. The summed E-state index contributed by atoms with van der Waals surface area (Å²) in [4.78, 5) is -0.0523. The van der Waals surface area contributed by atoms with Gasteiger partial charge >= 0.3 is 0 Å². The number of sulfonamides is 1. The van der Waals surface area contributed by atoms with E-state index in [1.54, 1.807) is 12.1 Å². The van der Waals surface area contributed by atoms with E-state index in [2.05, 4.69) is 6.92 Å². The molecule has 5 nitrogen and oxygen atoms in total. The van der Waals surface area contributed by atoms with Crippen molar-refractivity contribution in [3.63, 3.8) is 0 Å². The summed E-state index contributed by atoms with van der Waals surface area (Å²) in [7, 11) is -3.82. The van der Waals surface area contributed by atoms with Crippen LogP contribution < -0.4 is 15.6 Å². The van der Waals surface area contributed by atoms with Crippen LogP contribution in [-0.2, 0) is 10.0 Å². The Labute approximate surface area is 121 Å². The molecule has 0 aromatic heterocycles. The van der Waals surface area contributed by atoms with Crippen LogP contribution in [0.25, 0.3) is 0 Å². The van der Waals surface area contributed by atoms with Crippen molar-refractivity contribution in [2.75, 3.05) is 12.3 Å². The van der Waals surface area contributed by atoms with Crippen molar-refractivity contribution < 1.29 is 13.2 Å². The molecule has 4 N–H and O–H groups in total. The molecular weight excluding hydrogens is 276 g/mol. The lowest BCUT2D eigenvalue weighted by atomic mass is 10.1. The van der Waals surface area contributed by atoms with E-state index >= 15 is 0 Å². The van der Waals surface area contributed by atoms with E-state index in [4.69, 9.17) is 15.6 Å². The number of anilines is 1. The van der Waals surface area contributed by atoms with E-state index in [-0.39, 0.29) is 10.6 Å². The highest BCUT2D eigenvalue weighted by atomic mass is 32.2. The Hall–Kier alpha value is -1.27. The first-order valence-corrected chi connectivity index (χ1v) is 8.55. The fourth-order valence-electron chi connectivity index (χ4n) is 1.93. The van der Waals surface area contributed by atoms with Crippen LogP contribution in [0.1, 0.15) is 45.4 Å². The molecule has 0 radical (unpaired) electrons. The molecule has 0 spiro atoms. The van der Waals surface area contributed by atoms with Crippen molar-refractivity contribution in [3.05, 3.63) is 18.2 Å². The van der Waals surface area contributed by atoms with Crippen LogP contribution in [0.5, 0.6) is 5.75 Å². The van der Waals surface area contributed by atoms with Gasteiger partial charge in [0.1, 0.15) is 10.6 Å². The summed E-state index contributed by atoms with van der Waals surface area (Å²) in [5, 5.41) is 5.15. The van der Waals surface area contributed by atoms with Gasteiger partial charge in [0.2, 0.25) is 10.0 Å². The van der Waals surface area contributed by atoms with E-state index in [9.17, 15) is 8.42 Å². The quantitative estimate of drug-likeness (QED) is 0.541. The molecule has 0 atom stereocenters. The molecule has 1 rings (SSSR count). The third-order valence-electron chi connectivity index (χ3n) is 3.03. The van der Waals surface area contributed by atoms with Gasteiger partial charge in [-0.15, -0.1) is 0 Å². The van der Waals surface area contributed by atoms with Crippen LogP contribution in [-0.4, -0.2) is 15.0 Å². The predicted molar refractivity (Wildman–Crippen MR) is 81.1 cm³/mol. The van der Waals surface area contributed by atoms with Crippen LogP contribution >= 0.6 is 0 Å². The Morgan fingerprint density at radius 3 is 2.40 bits per heavy atom. The second-order valence-corrected chi connectivity index (χ2v) is 6.40. The van der Waals surface area contributed by atoms with Crippen molar-refractivity contribution in [3.8, 4) is 5.75 Å². The van der Waals surface area contributed by atoms with E-state index in [0.717, 1.165) is 12.8 Å². The average Bonchev–Trinajstić information content (AvgIpc) is 2.38. The third-order valence-corrected chi connectivity index (χ3v) is 3.96. The molecule has 20 heavy (non-hydrogen) atoms. The molecule has 0 saturated heterocycles. The van der Waals surface area contributed by atoms with E-state index in [0.29, 0.717) is 12.3 Å². The van der Waals surface area contributed by atoms with Gasteiger partial charge in [-0.05, 0) is 24.6 Å². The fraction of sp³-hybridized carbons (Fsp3) is 0.571. The van der Waals surface area contributed by atoms with Crippen LogP contribution in [0.2, 0.25) is 0 Å². The minimum atomic E-state index is -3.82. The van der Waals surface area contributed by atoms with Crippen LogP contribution in [0, 0.1) is 0 Å². The van der Waals surface area contributed by atoms with E-state index in [1.807, 2.05) is 0 Å². The lowest BCUT2D eigenvalue weighted by Crippen LogP contribution is -2.14. The number of ether oxygens (including phenoxy) is 1. The minimum Gasteiger partial charge on any atom is -0.492 e. The Balaban J connectivity index is 2.48. The smallest absolute Gasteiger partial charge is 0.241 e. The second kappa shape index (κ2) is 8.11. The predicted octanol–water partition coefficient (Wildman–Crippen LogP) is 2.66. The standard InChI is InChI=1S/C14H24N2O3S/c1-2-3-4-5-6-7-10-19-13-9-8-12(15)11-14(13)20(16,17)18/h8-9,11H,2-7,10,15H2,1H3,(H2,16,17,18). The molecule has 0 fully saturated rings. The number of primary sulfonamides is 1. The van der Waals surface area contributed by atoms with Gasteiger partial charge in [0.15, 0.2) is 0 Å². The first-order valence-electron chi connectivity index (χ1n) is 7.00. The third kappa shape index (κ3) is 5.79. The van der Waals surface area contributed by atoms with Crippen molar-refractivity contribution in [2.45, 2.75) is 50.3 Å². The molecule has 0 aliphatic heterocycles. The van der Waals surface area contributed by atoms with Crippen molar-refractivity contribution >= 4 is 15.7 Å². The summed E-state index contributed by atoms with van der Waals surface area (Å²) in [6.07, 6.45) is 6.88.